The number of hydrogen-bond donors (Lipinski definition) is 0. The van der Waals surface area contributed by atoms with Gasteiger partial charge in [0.2, 0.25) is 20.0 Å². The zero-order chi connectivity index (χ0) is 22.0. The van der Waals surface area contributed by atoms with E-state index in [-0.39, 0.29) is 8.23 Å². The highest BCUT2D eigenvalue weighted by molar-refractivity contribution is 8.04. The molecule has 0 fully saturated rings. The van der Waals surface area contributed by atoms with Crippen LogP contribution in [0.4, 0.5) is 0 Å². The Balaban J connectivity index is 3.54. The SMILES string of the molecule is COc1ccc(S(=O)(=O)N(CCOS(C)(=O)=O)N(S(C)(=O)=O)S(C)(=O)=O)cc1. The van der Waals surface area contributed by atoms with Crippen molar-refractivity contribution in [1.82, 2.24) is 8.23 Å². The Morgan fingerprint density at radius 3 is 1.64 bits per heavy atom. The monoisotopic (exact) mass is 480 g/mol. The third-order valence-corrected chi connectivity index (χ3v) is 8.69. The summed E-state index contributed by atoms with van der Waals surface area (Å²) in [6, 6.07) is 4.68. The van der Waals surface area contributed by atoms with E-state index in [2.05, 4.69) is 4.18 Å². The van der Waals surface area contributed by atoms with Gasteiger partial charge in [0.05, 0.1) is 43.9 Å². The lowest BCUT2D eigenvalue weighted by Gasteiger charge is -2.29. The summed E-state index contributed by atoms with van der Waals surface area (Å²) in [5.41, 5.74) is 0. The second-order valence-corrected chi connectivity index (χ2v) is 12.8. The summed E-state index contributed by atoms with van der Waals surface area (Å²) < 4.78 is 105. The number of benzene rings is 1. The highest BCUT2D eigenvalue weighted by Crippen LogP contribution is 2.24. The van der Waals surface area contributed by atoms with E-state index in [1.54, 1.807) is 0 Å². The molecule has 0 aliphatic carbocycles. The smallest absolute Gasteiger partial charge is 0.264 e. The molecule has 1 aromatic rings. The molecule has 0 aromatic heterocycles. The minimum atomic E-state index is -4.74. The second-order valence-electron chi connectivity index (χ2n) is 5.46. The molecule has 1 aromatic carbocycles. The molecule has 0 spiro atoms. The van der Waals surface area contributed by atoms with E-state index < -0.39 is 58.2 Å². The van der Waals surface area contributed by atoms with Crippen molar-refractivity contribution in [3.05, 3.63) is 24.3 Å². The van der Waals surface area contributed by atoms with Crippen molar-refractivity contribution >= 4 is 40.2 Å². The maximum atomic E-state index is 12.9. The van der Waals surface area contributed by atoms with Gasteiger partial charge >= 0.3 is 0 Å². The third-order valence-electron chi connectivity index (χ3n) is 2.96. The van der Waals surface area contributed by atoms with Crippen molar-refractivity contribution in [3.63, 3.8) is 0 Å². The Labute approximate surface area is 164 Å². The van der Waals surface area contributed by atoms with Gasteiger partial charge in [-0.2, -0.15) is 8.42 Å². The lowest BCUT2D eigenvalue weighted by atomic mass is 10.3. The molecule has 12 nitrogen and oxygen atoms in total. The van der Waals surface area contributed by atoms with Crippen LogP contribution >= 0.6 is 0 Å². The van der Waals surface area contributed by atoms with Crippen LogP contribution in [0, 0.1) is 0 Å². The minimum absolute atomic E-state index is 0.0185. The Hall–Kier alpha value is -1.30. The number of hydrogen-bond acceptors (Lipinski definition) is 10. The molecule has 0 aliphatic heterocycles. The van der Waals surface area contributed by atoms with Gasteiger partial charge in [0.15, 0.2) is 0 Å². The van der Waals surface area contributed by atoms with Gasteiger partial charge in [-0.3, -0.25) is 4.18 Å². The van der Waals surface area contributed by atoms with E-state index >= 15 is 0 Å². The van der Waals surface area contributed by atoms with Crippen molar-refractivity contribution in [2.75, 3.05) is 39.0 Å². The average molecular weight is 481 g/mol. The first-order chi connectivity index (χ1) is 12.5. The van der Waals surface area contributed by atoms with Crippen LogP contribution in [0.15, 0.2) is 29.2 Å². The van der Waals surface area contributed by atoms with Crippen LogP contribution in [0.3, 0.4) is 0 Å². The van der Waals surface area contributed by atoms with Crippen LogP contribution in [0.5, 0.6) is 5.75 Å². The van der Waals surface area contributed by atoms with E-state index in [9.17, 15) is 33.7 Å². The minimum Gasteiger partial charge on any atom is -0.497 e. The molecule has 0 radical (unpaired) electrons. The number of nitrogens with zero attached hydrogens (tertiary/aromatic N) is 2. The highest BCUT2D eigenvalue weighted by Gasteiger charge is 2.41. The maximum absolute atomic E-state index is 12.9. The Morgan fingerprint density at radius 2 is 1.29 bits per heavy atom. The molecular formula is C12H20N2O10S4. The molecule has 0 unspecified atom stereocenters. The van der Waals surface area contributed by atoms with Crippen LogP contribution in [0.1, 0.15) is 0 Å². The molecule has 0 bridgehead atoms. The topological polar surface area (TPSA) is 161 Å². The molecule has 0 saturated carbocycles. The lowest BCUT2D eigenvalue weighted by Crippen LogP contribution is -2.52. The van der Waals surface area contributed by atoms with Gasteiger partial charge in [-0.15, -0.1) is 4.41 Å². The van der Waals surface area contributed by atoms with E-state index in [0.29, 0.717) is 24.5 Å². The molecule has 0 aliphatic rings. The van der Waals surface area contributed by atoms with Crippen molar-refractivity contribution in [1.29, 1.82) is 0 Å². The second kappa shape index (κ2) is 8.60. The lowest BCUT2D eigenvalue weighted by molar-refractivity contribution is 0.207. The van der Waals surface area contributed by atoms with Crippen molar-refractivity contribution in [3.8, 4) is 5.75 Å². The summed E-state index contributed by atoms with van der Waals surface area (Å²) in [5, 5.41) is 0. The standard InChI is InChI=1S/C12H20N2O10S4/c1-23-11-5-7-12(8-6-11)28(21,22)13(9-10-24-27(4,19)20)14(25(2,15)16)26(3,17)18/h5-8H,9-10H2,1-4H3. The van der Waals surface area contributed by atoms with Crippen LogP contribution in [0.25, 0.3) is 0 Å². The van der Waals surface area contributed by atoms with Gasteiger partial charge in [0.25, 0.3) is 20.1 Å². The molecule has 1 rings (SSSR count). The van der Waals surface area contributed by atoms with Crippen LogP contribution in [-0.2, 0) is 44.4 Å². The molecular weight excluding hydrogens is 460 g/mol. The summed E-state index contributed by atoms with van der Waals surface area (Å²) in [7, 11) is -16.6. The first-order valence-electron chi connectivity index (χ1n) is 7.22. The Kier molecular flexibility index (Phi) is 7.60. The number of rotatable bonds is 10. The van der Waals surface area contributed by atoms with Crippen molar-refractivity contribution in [2.45, 2.75) is 4.90 Å². The van der Waals surface area contributed by atoms with Crippen molar-refractivity contribution in [2.24, 2.45) is 0 Å². The molecule has 0 atom stereocenters. The molecule has 0 N–H and O–H groups in total. The van der Waals surface area contributed by atoms with Gasteiger partial charge < -0.3 is 4.74 Å². The molecule has 0 saturated heterocycles. The van der Waals surface area contributed by atoms with Gasteiger partial charge in [-0.05, 0) is 28.1 Å². The summed E-state index contributed by atoms with van der Waals surface area (Å²) in [6.45, 7) is -1.74. The molecule has 162 valence electrons. The predicted octanol–water partition coefficient (Wildman–Crippen LogP) is -1.20. The fraction of sp³-hybridized carbons (Fsp3) is 0.500. The molecule has 16 heteroatoms. The largest absolute Gasteiger partial charge is 0.497 e. The zero-order valence-corrected chi connectivity index (χ0v) is 18.6. The van der Waals surface area contributed by atoms with Gasteiger partial charge in [0.1, 0.15) is 5.75 Å². The number of hydrazine groups is 1. The van der Waals surface area contributed by atoms with Crippen molar-refractivity contribution < 1.29 is 42.6 Å². The summed E-state index contributed by atoms with van der Waals surface area (Å²) in [5.74, 6) is 0.300. The van der Waals surface area contributed by atoms with Gasteiger partial charge in [-0.25, -0.2) is 25.3 Å². The fourth-order valence-corrected chi connectivity index (χ4v) is 7.64. The average Bonchev–Trinajstić information content (AvgIpc) is 2.50. The highest BCUT2D eigenvalue weighted by atomic mass is 32.3. The Bertz CT molecular complexity index is 1080. The summed E-state index contributed by atoms with van der Waals surface area (Å²) >= 11 is 0. The first kappa shape index (κ1) is 24.7. The van der Waals surface area contributed by atoms with Crippen LogP contribution in [0.2, 0.25) is 0 Å². The molecule has 0 amide bonds. The zero-order valence-electron chi connectivity index (χ0n) is 15.3. The number of sulfonamides is 3. The predicted molar refractivity (Wildman–Crippen MR) is 99.2 cm³/mol. The molecule has 0 heterocycles. The van der Waals surface area contributed by atoms with E-state index in [1.807, 2.05) is 0 Å². The first-order valence-corrected chi connectivity index (χ1v) is 14.2. The third kappa shape index (κ3) is 6.64. The molecule has 28 heavy (non-hydrogen) atoms. The maximum Gasteiger partial charge on any atom is 0.264 e. The van der Waals surface area contributed by atoms with Gasteiger partial charge in [-0.1, -0.05) is 0 Å². The fourth-order valence-electron chi connectivity index (χ4n) is 2.00. The number of ether oxygens (including phenoxy) is 1. The van der Waals surface area contributed by atoms with Gasteiger partial charge in [0, 0.05) is 0 Å². The summed E-state index contributed by atoms with van der Waals surface area (Å²) in [4.78, 5) is -0.454. The quantitative estimate of drug-likeness (QED) is 0.294. The Morgan fingerprint density at radius 1 is 0.821 bits per heavy atom. The van der Waals surface area contributed by atoms with Crippen LogP contribution < -0.4 is 4.74 Å². The van der Waals surface area contributed by atoms with Crippen LogP contribution in [-0.4, -0.2) is 80.9 Å². The number of methoxy groups -OCH3 is 1. The van der Waals surface area contributed by atoms with E-state index in [0.717, 1.165) is 12.1 Å². The normalized spacial score (nSPS) is 13.8. The summed E-state index contributed by atoms with van der Waals surface area (Å²) in [6.07, 6.45) is 1.67. The van der Waals surface area contributed by atoms with E-state index in [4.69, 9.17) is 4.74 Å². The van der Waals surface area contributed by atoms with E-state index in [1.165, 1.54) is 19.2 Å².